The summed E-state index contributed by atoms with van der Waals surface area (Å²) in [5.41, 5.74) is 4.94. The van der Waals surface area contributed by atoms with E-state index < -0.39 is 0 Å². The lowest BCUT2D eigenvalue weighted by atomic mass is 9.89. The van der Waals surface area contributed by atoms with Gasteiger partial charge in [0, 0.05) is 11.9 Å². The standard InChI is InChI=1S/C18H19ClN2O2/c1-2-23-18(22)16-10-13(9-12-7-8-17(19)20-11-12)14-5-3-4-6-15(14)21-16/h7-8,10-11H,2-6,9H2,1H3. The third-order valence-electron chi connectivity index (χ3n) is 4.06. The monoisotopic (exact) mass is 330 g/mol. The van der Waals surface area contributed by atoms with Crippen molar-refractivity contribution >= 4 is 17.6 Å². The Hall–Kier alpha value is -1.94. The zero-order valence-corrected chi connectivity index (χ0v) is 13.9. The predicted octanol–water partition coefficient (Wildman–Crippen LogP) is 3.78. The Morgan fingerprint density at radius 3 is 2.87 bits per heavy atom. The number of hydrogen-bond acceptors (Lipinski definition) is 4. The lowest BCUT2D eigenvalue weighted by Crippen LogP contribution is -2.15. The number of fused-ring (bicyclic) bond motifs is 1. The Morgan fingerprint density at radius 1 is 1.30 bits per heavy atom. The molecule has 23 heavy (non-hydrogen) atoms. The summed E-state index contributed by atoms with van der Waals surface area (Å²) in [4.78, 5) is 20.7. The van der Waals surface area contributed by atoms with Crippen molar-refractivity contribution < 1.29 is 9.53 Å². The van der Waals surface area contributed by atoms with E-state index in [0.29, 0.717) is 17.5 Å². The quantitative estimate of drug-likeness (QED) is 0.632. The molecule has 0 aromatic carbocycles. The molecule has 0 saturated heterocycles. The Bertz CT molecular complexity index is 714. The molecule has 2 heterocycles. The Labute approximate surface area is 140 Å². The van der Waals surface area contributed by atoms with Gasteiger partial charge >= 0.3 is 5.97 Å². The maximum atomic E-state index is 12.1. The van der Waals surface area contributed by atoms with Crippen LogP contribution in [-0.2, 0) is 24.0 Å². The van der Waals surface area contributed by atoms with Gasteiger partial charge in [-0.25, -0.2) is 14.8 Å². The van der Waals surface area contributed by atoms with Crippen molar-refractivity contribution in [1.82, 2.24) is 9.97 Å². The summed E-state index contributed by atoms with van der Waals surface area (Å²) in [6.07, 6.45) is 6.73. The molecule has 2 aromatic rings. The maximum Gasteiger partial charge on any atom is 0.356 e. The van der Waals surface area contributed by atoms with Gasteiger partial charge < -0.3 is 4.74 Å². The molecule has 3 rings (SSSR count). The number of aromatic nitrogens is 2. The number of esters is 1. The molecule has 1 aliphatic carbocycles. The topological polar surface area (TPSA) is 52.1 Å². The van der Waals surface area contributed by atoms with Gasteiger partial charge in [-0.1, -0.05) is 17.7 Å². The summed E-state index contributed by atoms with van der Waals surface area (Å²) in [6, 6.07) is 5.63. The fourth-order valence-corrected chi connectivity index (χ4v) is 3.10. The molecule has 0 saturated carbocycles. The summed E-state index contributed by atoms with van der Waals surface area (Å²) < 4.78 is 5.11. The molecule has 0 fully saturated rings. The fraction of sp³-hybridized carbons (Fsp3) is 0.389. The van der Waals surface area contributed by atoms with E-state index in [0.717, 1.165) is 42.5 Å². The highest BCUT2D eigenvalue weighted by Crippen LogP contribution is 2.26. The molecule has 0 unspecified atom stereocenters. The van der Waals surface area contributed by atoms with Crippen molar-refractivity contribution in [1.29, 1.82) is 0 Å². The summed E-state index contributed by atoms with van der Waals surface area (Å²) in [7, 11) is 0. The highest BCUT2D eigenvalue weighted by molar-refractivity contribution is 6.29. The van der Waals surface area contributed by atoms with E-state index in [1.165, 1.54) is 12.0 Å². The number of pyridine rings is 2. The lowest BCUT2D eigenvalue weighted by molar-refractivity contribution is 0.0519. The van der Waals surface area contributed by atoms with E-state index >= 15 is 0 Å². The minimum atomic E-state index is -0.351. The van der Waals surface area contributed by atoms with Crippen LogP contribution in [0.4, 0.5) is 0 Å². The van der Waals surface area contributed by atoms with Gasteiger partial charge in [-0.05, 0) is 67.9 Å². The molecule has 5 heteroatoms. The molecule has 0 spiro atoms. The number of hydrogen-bond donors (Lipinski definition) is 0. The number of carbonyl (C=O) groups is 1. The van der Waals surface area contributed by atoms with Crippen LogP contribution in [0.3, 0.4) is 0 Å². The number of nitrogens with zero attached hydrogens (tertiary/aromatic N) is 2. The second-order valence-electron chi connectivity index (χ2n) is 5.69. The van der Waals surface area contributed by atoms with Crippen LogP contribution in [0.15, 0.2) is 24.4 Å². The first-order valence-electron chi connectivity index (χ1n) is 7.96. The van der Waals surface area contributed by atoms with Crippen molar-refractivity contribution in [2.24, 2.45) is 0 Å². The van der Waals surface area contributed by atoms with Crippen LogP contribution < -0.4 is 0 Å². The number of aryl methyl sites for hydroxylation is 1. The Kier molecular flexibility index (Phi) is 4.91. The van der Waals surface area contributed by atoms with E-state index in [1.807, 2.05) is 12.1 Å². The molecule has 0 aliphatic heterocycles. The molecule has 1 aliphatic rings. The minimum Gasteiger partial charge on any atom is -0.461 e. The van der Waals surface area contributed by atoms with Crippen molar-refractivity contribution in [2.45, 2.75) is 39.0 Å². The molecule has 4 nitrogen and oxygen atoms in total. The highest BCUT2D eigenvalue weighted by atomic mass is 35.5. The number of carbonyl (C=O) groups excluding carboxylic acids is 1. The van der Waals surface area contributed by atoms with Crippen molar-refractivity contribution in [3.05, 3.63) is 57.6 Å². The highest BCUT2D eigenvalue weighted by Gasteiger charge is 2.19. The molecule has 2 aromatic heterocycles. The first kappa shape index (κ1) is 15.9. The van der Waals surface area contributed by atoms with E-state index in [2.05, 4.69) is 9.97 Å². The van der Waals surface area contributed by atoms with Gasteiger partial charge in [-0.2, -0.15) is 0 Å². The van der Waals surface area contributed by atoms with Crippen LogP contribution >= 0.6 is 11.6 Å². The SMILES string of the molecule is CCOC(=O)c1cc(Cc2ccc(Cl)nc2)c2c(n1)CCCC2. The second-order valence-corrected chi connectivity index (χ2v) is 6.07. The van der Waals surface area contributed by atoms with Crippen LogP contribution in [0.2, 0.25) is 5.15 Å². The van der Waals surface area contributed by atoms with Gasteiger partial charge in [0.2, 0.25) is 0 Å². The minimum absolute atomic E-state index is 0.351. The first-order chi connectivity index (χ1) is 11.2. The largest absolute Gasteiger partial charge is 0.461 e. The van der Waals surface area contributed by atoms with E-state index in [-0.39, 0.29) is 5.97 Å². The first-order valence-corrected chi connectivity index (χ1v) is 8.34. The number of halogens is 1. The van der Waals surface area contributed by atoms with Gasteiger partial charge in [0.05, 0.1) is 6.61 Å². The molecule has 0 bridgehead atoms. The number of rotatable bonds is 4. The summed E-state index contributed by atoms with van der Waals surface area (Å²) in [5.74, 6) is -0.351. The predicted molar refractivity (Wildman–Crippen MR) is 88.9 cm³/mol. The van der Waals surface area contributed by atoms with Gasteiger partial charge in [0.15, 0.2) is 0 Å². The zero-order chi connectivity index (χ0) is 16.2. The van der Waals surface area contributed by atoms with Gasteiger partial charge in [-0.3, -0.25) is 0 Å². The smallest absolute Gasteiger partial charge is 0.356 e. The third kappa shape index (κ3) is 3.70. The molecule has 0 radical (unpaired) electrons. The molecular weight excluding hydrogens is 312 g/mol. The number of ether oxygens (including phenoxy) is 1. The average Bonchev–Trinajstić information content (AvgIpc) is 2.57. The van der Waals surface area contributed by atoms with Gasteiger partial charge in [0.1, 0.15) is 10.8 Å². The molecule has 0 N–H and O–H groups in total. The van der Waals surface area contributed by atoms with Crippen LogP contribution in [0.25, 0.3) is 0 Å². The molecule has 0 amide bonds. The van der Waals surface area contributed by atoms with E-state index in [4.69, 9.17) is 16.3 Å². The summed E-state index contributed by atoms with van der Waals surface area (Å²) in [6.45, 7) is 2.16. The third-order valence-corrected chi connectivity index (χ3v) is 4.28. The van der Waals surface area contributed by atoms with Crippen LogP contribution in [0.1, 0.15) is 52.6 Å². The van der Waals surface area contributed by atoms with Crippen LogP contribution in [0, 0.1) is 0 Å². The zero-order valence-electron chi connectivity index (χ0n) is 13.1. The van der Waals surface area contributed by atoms with Gasteiger partial charge in [-0.15, -0.1) is 0 Å². The normalized spacial score (nSPS) is 13.5. The van der Waals surface area contributed by atoms with Crippen LogP contribution in [-0.4, -0.2) is 22.5 Å². The second kappa shape index (κ2) is 7.09. The average molecular weight is 331 g/mol. The van der Waals surface area contributed by atoms with Crippen molar-refractivity contribution in [2.75, 3.05) is 6.61 Å². The van der Waals surface area contributed by atoms with Gasteiger partial charge in [0.25, 0.3) is 0 Å². The molecule has 0 atom stereocenters. The molecular formula is C18H19ClN2O2. The van der Waals surface area contributed by atoms with Crippen molar-refractivity contribution in [3.63, 3.8) is 0 Å². The summed E-state index contributed by atoms with van der Waals surface area (Å²) in [5, 5.41) is 0.484. The summed E-state index contributed by atoms with van der Waals surface area (Å²) >= 11 is 5.85. The lowest BCUT2D eigenvalue weighted by Gasteiger charge is -2.20. The van der Waals surface area contributed by atoms with E-state index in [1.54, 1.807) is 19.2 Å². The van der Waals surface area contributed by atoms with Crippen molar-refractivity contribution in [3.8, 4) is 0 Å². The fourth-order valence-electron chi connectivity index (χ4n) is 2.99. The molecule has 120 valence electrons. The Morgan fingerprint density at radius 2 is 2.13 bits per heavy atom. The Balaban J connectivity index is 1.97. The maximum absolute atomic E-state index is 12.1. The van der Waals surface area contributed by atoms with Crippen LogP contribution in [0.5, 0.6) is 0 Å². The van der Waals surface area contributed by atoms with E-state index in [9.17, 15) is 4.79 Å².